The zero-order chi connectivity index (χ0) is 8.15. The molecule has 0 aliphatic rings. The molecule has 0 saturated heterocycles. The molecule has 60 valence electrons. The van der Waals surface area contributed by atoms with Crippen LogP contribution >= 0.6 is 0 Å². The minimum atomic E-state index is 0.123. The van der Waals surface area contributed by atoms with E-state index in [0.29, 0.717) is 13.0 Å². The number of amides is 1. The van der Waals surface area contributed by atoms with E-state index in [2.05, 4.69) is 0 Å². The Labute approximate surface area is 62.2 Å². The van der Waals surface area contributed by atoms with E-state index in [1.54, 1.807) is 11.9 Å². The highest BCUT2D eigenvalue weighted by atomic mass is 16.2. The zero-order valence-electron chi connectivity index (χ0n) is 6.92. The number of carbonyl (C=O) groups is 1. The highest BCUT2D eigenvalue weighted by Gasteiger charge is 2.09. The Bertz CT molecular complexity index is 112. The maximum absolute atomic E-state index is 11.0. The molecule has 1 amide bonds. The van der Waals surface area contributed by atoms with E-state index >= 15 is 0 Å². The summed E-state index contributed by atoms with van der Waals surface area (Å²) in [5.74, 6) is 0.123. The molecule has 0 aromatic heterocycles. The van der Waals surface area contributed by atoms with Gasteiger partial charge in [0.1, 0.15) is 0 Å². The van der Waals surface area contributed by atoms with Gasteiger partial charge in [-0.15, -0.1) is 0 Å². The Morgan fingerprint density at radius 2 is 2.10 bits per heavy atom. The van der Waals surface area contributed by atoms with Gasteiger partial charge in [0.25, 0.3) is 0 Å². The van der Waals surface area contributed by atoms with E-state index in [-0.39, 0.29) is 11.9 Å². The lowest BCUT2D eigenvalue weighted by atomic mass is 10.3. The van der Waals surface area contributed by atoms with Gasteiger partial charge in [0, 0.05) is 26.1 Å². The molecule has 10 heavy (non-hydrogen) atoms. The molecule has 0 atom stereocenters. The van der Waals surface area contributed by atoms with E-state index in [0.717, 1.165) is 0 Å². The maximum Gasteiger partial charge on any atom is 0.223 e. The van der Waals surface area contributed by atoms with Crippen molar-refractivity contribution >= 4 is 5.91 Å². The molecular formula is C7H16N2O. The average Bonchev–Trinajstić information content (AvgIpc) is 1.87. The van der Waals surface area contributed by atoms with Crippen LogP contribution in [0, 0.1) is 0 Å². The second-order valence-electron chi connectivity index (χ2n) is 2.64. The summed E-state index contributed by atoms with van der Waals surface area (Å²) >= 11 is 0. The summed E-state index contributed by atoms with van der Waals surface area (Å²) in [6.45, 7) is 4.40. The number of hydrogen-bond acceptors (Lipinski definition) is 2. The molecule has 0 aromatic rings. The average molecular weight is 144 g/mol. The molecule has 0 rings (SSSR count). The topological polar surface area (TPSA) is 46.3 Å². The summed E-state index contributed by atoms with van der Waals surface area (Å²) in [6.07, 6.45) is 0.453. The number of rotatable bonds is 3. The van der Waals surface area contributed by atoms with Gasteiger partial charge in [-0.2, -0.15) is 0 Å². The molecule has 0 bridgehead atoms. The molecule has 0 radical (unpaired) electrons. The van der Waals surface area contributed by atoms with E-state index in [9.17, 15) is 4.79 Å². The summed E-state index contributed by atoms with van der Waals surface area (Å²) in [7, 11) is 1.79. The van der Waals surface area contributed by atoms with Crippen molar-refractivity contribution in [2.24, 2.45) is 5.73 Å². The third-order valence-corrected chi connectivity index (χ3v) is 1.53. The molecule has 3 nitrogen and oxygen atoms in total. The molecule has 2 N–H and O–H groups in total. The van der Waals surface area contributed by atoms with E-state index in [1.165, 1.54) is 0 Å². The minimum Gasteiger partial charge on any atom is -0.343 e. The van der Waals surface area contributed by atoms with E-state index < -0.39 is 0 Å². The van der Waals surface area contributed by atoms with Crippen LogP contribution < -0.4 is 5.73 Å². The Morgan fingerprint density at radius 3 is 2.40 bits per heavy atom. The van der Waals surface area contributed by atoms with Crippen LogP contribution in [0.3, 0.4) is 0 Å². The van der Waals surface area contributed by atoms with E-state index in [1.807, 2.05) is 13.8 Å². The van der Waals surface area contributed by atoms with Crippen molar-refractivity contribution < 1.29 is 4.79 Å². The quantitative estimate of drug-likeness (QED) is 0.615. The van der Waals surface area contributed by atoms with Crippen molar-refractivity contribution in [3.63, 3.8) is 0 Å². The lowest BCUT2D eigenvalue weighted by Gasteiger charge is -2.20. The zero-order valence-corrected chi connectivity index (χ0v) is 6.92. The van der Waals surface area contributed by atoms with Crippen LogP contribution in [-0.2, 0) is 4.79 Å². The first kappa shape index (κ1) is 9.43. The summed E-state index contributed by atoms with van der Waals surface area (Å²) in [4.78, 5) is 12.7. The van der Waals surface area contributed by atoms with Crippen molar-refractivity contribution in [2.75, 3.05) is 13.6 Å². The molecule has 0 spiro atoms. The van der Waals surface area contributed by atoms with Crippen LogP contribution in [0.4, 0.5) is 0 Å². The molecule has 3 heteroatoms. The van der Waals surface area contributed by atoms with Gasteiger partial charge in [-0.3, -0.25) is 4.79 Å². The van der Waals surface area contributed by atoms with Gasteiger partial charge in [0.05, 0.1) is 0 Å². The normalized spacial score (nSPS) is 10.1. The first-order chi connectivity index (χ1) is 4.59. The Hall–Kier alpha value is -0.570. The van der Waals surface area contributed by atoms with Crippen LogP contribution in [-0.4, -0.2) is 30.4 Å². The molecule has 0 aliphatic carbocycles. The highest BCUT2D eigenvalue weighted by Crippen LogP contribution is 1.95. The number of nitrogens with zero attached hydrogens (tertiary/aromatic N) is 1. The SMILES string of the molecule is CC(C)N(C)C(=O)CCN. The molecule has 0 heterocycles. The van der Waals surface area contributed by atoms with Gasteiger partial charge in [-0.1, -0.05) is 0 Å². The highest BCUT2D eigenvalue weighted by molar-refractivity contribution is 5.76. The van der Waals surface area contributed by atoms with Gasteiger partial charge < -0.3 is 10.6 Å². The second kappa shape index (κ2) is 4.28. The lowest BCUT2D eigenvalue weighted by Crippen LogP contribution is -2.34. The lowest BCUT2D eigenvalue weighted by molar-refractivity contribution is -0.131. The maximum atomic E-state index is 11.0. The molecule has 0 fully saturated rings. The third-order valence-electron chi connectivity index (χ3n) is 1.53. The van der Waals surface area contributed by atoms with Crippen molar-refractivity contribution in [2.45, 2.75) is 26.3 Å². The standard InChI is InChI=1S/C7H16N2O/c1-6(2)9(3)7(10)4-5-8/h6H,4-5,8H2,1-3H3. The number of carbonyl (C=O) groups excluding carboxylic acids is 1. The van der Waals surface area contributed by atoms with Crippen LogP contribution in [0.25, 0.3) is 0 Å². The fourth-order valence-electron chi connectivity index (χ4n) is 0.588. The van der Waals surface area contributed by atoms with Crippen molar-refractivity contribution in [1.82, 2.24) is 4.90 Å². The van der Waals surface area contributed by atoms with Gasteiger partial charge in [0.15, 0.2) is 0 Å². The van der Waals surface area contributed by atoms with Crippen molar-refractivity contribution in [1.29, 1.82) is 0 Å². The predicted octanol–water partition coefficient (Wildman–Crippen LogP) is 0.202. The summed E-state index contributed by atoms with van der Waals surface area (Å²) < 4.78 is 0. The van der Waals surface area contributed by atoms with Crippen molar-refractivity contribution in [3.8, 4) is 0 Å². The fraction of sp³-hybridized carbons (Fsp3) is 0.857. The van der Waals surface area contributed by atoms with Crippen LogP contribution in [0.1, 0.15) is 20.3 Å². The molecule has 0 aliphatic heterocycles. The monoisotopic (exact) mass is 144 g/mol. The van der Waals surface area contributed by atoms with E-state index in [4.69, 9.17) is 5.73 Å². The van der Waals surface area contributed by atoms with Gasteiger partial charge >= 0.3 is 0 Å². The van der Waals surface area contributed by atoms with Crippen LogP contribution in [0.5, 0.6) is 0 Å². The molecule has 0 aromatic carbocycles. The third kappa shape index (κ3) is 2.82. The van der Waals surface area contributed by atoms with Crippen LogP contribution in [0.2, 0.25) is 0 Å². The first-order valence-electron chi connectivity index (χ1n) is 3.55. The summed E-state index contributed by atoms with van der Waals surface area (Å²) in [6, 6.07) is 0.277. The van der Waals surface area contributed by atoms with Gasteiger partial charge in [0.2, 0.25) is 5.91 Å². The summed E-state index contributed by atoms with van der Waals surface area (Å²) in [5, 5.41) is 0. The van der Waals surface area contributed by atoms with Crippen LogP contribution in [0.15, 0.2) is 0 Å². The number of nitrogens with two attached hydrogens (primary N) is 1. The van der Waals surface area contributed by atoms with Gasteiger partial charge in [-0.05, 0) is 13.8 Å². The predicted molar refractivity (Wildman–Crippen MR) is 41.6 cm³/mol. The summed E-state index contributed by atoms with van der Waals surface area (Å²) in [5.41, 5.74) is 5.22. The van der Waals surface area contributed by atoms with Crippen molar-refractivity contribution in [3.05, 3.63) is 0 Å². The second-order valence-corrected chi connectivity index (χ2v) is 2.64. The molecule has 0 saturated carbocycles. The molecule has 0 unspecified atom stereocenters. The molecular weight excluding hydrogens is 128 g/mol. The largest absolute Gasteiger partial charge is 0.343 e. The first-order valence-corrected chi connectivity index (χ1v) is 3.55. The number of hydrogen-bond donors (Lipinski definition) is 1. The fourth-order valence-corrected chi connectivity index (χ4v) is 0.588. The smallest absolute Gasteiger partial charge is 0.223 e. The Morgan fingerprint density at radius 1 is 1.60 bits per heavy atom. The van der Waals surface area contributed by atoms with Gasteiger partial charge in [-0.25, -0.2) is 0 Å². The Balaban J connectivity index is 3.71. The Kier molecular flexibility index (Phi) is 4.03. The minimum absolute atomic E-state index is 0.123.